The van der Waals surface area contributed by atoms with E-state index >= 15 is 0 Å². The topological polar surface area (TPSA) is 38.3 Å². The fraction of sp³-hybridized carbons (Fsp3) is 0.500. The number of carbonyl (C=O) groups is 1. The molecule has 1 aromatic carbocycles. The number of halogens is 1. The molecular formula is C14H20BrNO2. The molecule has 1 amide bonds. The first-order valence-electron chi connectivity index (χ1n) is 6.06. The van der Waals surface area contributed by atoms with Crippen molar-refractivity contribution in [1.82, 2.24) is 5.32 Å². The molecule has 1 rings (SSSR count). The molecule has 0 aliphatic rings. The van der Waals surface area contributed by atoms with Gasteiger partial charge in [-0.1, -0.05) is 28.1 Å². The van der Waals surface area contributed by atoms with Crippen molar-refractivity contribution < 1.29 is 9.53 Å². The Morgan fingerprint density at radius 3 is 2.72 bits per heavy atom. The summed E-state index contributed by atoms with van der Waals surface area (Å²) in [4.78, 5) is 11.4. The molecule has 0 aliphatic carbocycles. The second-order valence-corrected chi connectivity index (χ2v) is 6.16. The van der Waals surface area contributed by atoms with Gasteiger partial charge in [-0.05, 0) is 51.3 Å². The molecule has 1 aromatic rings. The smallest absolute Gasteiger partial charge is 0.407 e. The highest BCUT2D eigenvalue weighted by molar-refractivity contribution is 9.10. The molecule has 100 valence electrons. The summed E-state index contributed by atoms with van der Waals surface area (Å²) in [5.74, 6) is 0. The minimum Gasteiger partial charge on any atom is -0.450 e. The van der Waals surface area contributed by atoms with Crippen LogP contribution >= 0.6 is 15.9 Å². The molecule has 0 saturated carbocycles. The first kappa shape index (κ1) is 15.0. The molecule has 4 heteroatoms. The molecule has 0 radical (unpaired) electrons. The van der Waals surface area contributed by atoms with Gasteiger partial charge in [-0.2, -0.15) is 0 Å². The van der Waals surface area contributed by atoms with E-state index in [2.05, 4.69) is 33.4 Å². The van der Waals surface area contributed by atoms with Crippen LogP contribution in [0.25, 0.3) is 0 Å². The lowest BCUT2D eigenvalue weighted by atomic mass is 10.1. The van der Waals surface area contributed by atoms with Crippen LogP contribution in [0.15, 0.2) is 28.7 Å². The Bertz CT molecular complexity index is 399. The highest BCUT2D eigenvalue weighted by atomic mass is 79.9. The van der Waals surface area contributed by atoms with Crippen LogP contribution in [-0.2, 0) is 11.2 Å². The van der Waals surface area contributed by atoms with Crippen LogP contribution in [0.4, 0.5) is 4.79 Å². The van der Waals surface area contributed by atoms with Crippen LogP contribution in [0, 0.1) is 0 Å². The summed E-state index contributed by atoms with van der Waals surface area (Å²) in [6.07, 6.45) is 1.38. The standard InChI is InChI=1S/C14H20BrNO2/c1-14(2,3)16-13(17)18-9-5-7-11-6-4-8-12(15)10-11/h4,6,8,10H,5,7,9H2,1-3H3,(H,16,17). The summed E-state index contributed by atoms with van der Waals surface area (Å²) >= 11 is 3.43. The maximum atomic E-state index is 11.4. The fourth-order valence-electron chi connectivity index (χ4n) is 1.48. The minimum atomic E-state index is -0.350. The average Bonchev–Trinajstić information content (AvgIpc) is 2.22. The minimum absolute atomic E-state index is 0.249. The number of ether oxygens (including phenoxy) is 1. The lowest BCUT2D eigenvalue weighted by Crippen LogP contribution is -2.41. The molecule has 0 heterocycles. The Balaban J connectivity index is 2.21. The molecule has 0 spiro atoms. The van der Waals surface area contributed by atoms with E-state index in [1.807, 2.05) is 32.9 Å². The van der Waals surface area contributed by atoms with E-state index < -0.39 is 0 Å². The molecule has 18 heavy (non-hydrogen) atoms. The Morgan fingerprint density at radius 2 is 2.11 bits per heavy atom. The van der Waals surface area contributed by atoms with Gasteiger partial charge in [-0.25, -0.2) is 4.79 Å². The van der Waals surface area contributed by atoms with Crippen molar-refractivity contribution in [2.45, 2.75) is 39.2 Å². The van der Waals surface area contributed by atoms with E-state index in [0.29, 0.717) is 6.61 Å². The van der Waals surface area contributed by atoms with Crippen molar-refractivity contribution in [3.05, 3.63) is 34.3 Å². The Hall–Kier alpha value is -1.03. The van der Waals surface area contributed by atoms with E-state index in [1.54, 1.807) is 0 Å². The molecule has 1 N–H and O–H groups in total. The predicted molar refractivity (Wildman–Crippen MR) is 76.7 cm³/mol. The molecule has 0 atom stereocenters. The molecular weight excluding hydrogens is 294 g/mol. The molecule has 3 nitrogen and oxygen atoms in total. The quantitative estimate of drug-likeness (QED) is 0.856. The van der Waals surface area contributed by atoms with Gasteiger partial charge in [0.15, 0.2) is 0 Å². The molecule has 0 bridgehead atoms. The van der Waals surface area contributed by atoms with Crippen LogP contribution in [0.2, 0.25) is 0 Å². The summed E-state index contributed by atoms with van der Waals surface area (Å²) in [5, 5.41) is 2.76. The molecule has 0 aliphatic heterocycles. The molecule has 0 fully saturated rings. The number of aryl methyl sites for hydroxylation is 1. The van der Waals surface area contributed by atoms with Crippen LogP contribution in [0.3, 0.4) is 0 Å². The first-order chi connectivity index (χ1) is 8.37. The summed E-state index contributed by atoms with van der Waals surface area (Å²) in [6.45, 7) is 6.22. The number of amides is 1. The number of nitrogens with one attached hydrogen (secondary N) is 1. The van der Waals surface area contributed by atoms with Gasteiger partial charge in [0.2, 0.25) is 0 Å². The van der Waals surface area contributed by atoms with E-state index in [1.165, 1.54) is 5.56 Å². The maximum Gasteiger partial charge on any atom is 0.407 e. The first-order valence-corrected chi connectivity index (χ1v) is 6.85. The van der Waals surface area contributed by atoms with Gasteiger partial charge in [0, 0.05) is 10.0 Å². The zero-order chi connectivity index (χ0) is 13.6. The van der Waals surface area contributed by atoms with Gasteiger partial charge in [0.05, 0.1) is 6.61 Å². The van der Waals surface area contributed by atoms with E-state index in [0.717, 1.165) is 17.3 Å². The fourth-order valence-corrected chi connectivity index (χ4v) is 1.92. The Kier molecular flexibility index (Phi) is 5.66. The number of alkyl carbamates (subject to hydrolysis) is 1. The summed E-state index contributed by atoms with van der Waals surface area (Å²) in [6, 6.07) is 8.15. The van der Waals surface area contributed by atoms with Gasteiger partial charge in [-0.3, -0.25) is 0 Å². The van der Waals surface area contributed by atoms with Gasteiger partial charge >= 0.3 is 6.09 Å². The zero-order valence-corrected chi connectivity index (χ0v) is 12.7. The van der Waals surface area contributed by atoms with Crippen molar-refractivity contribution in [1.29, 1.82) is 0 Å². The third-order valence-corrected chi connectivity index (χ3v) is 2.70. The third kappa shape index (κ3) is 6.64. The number of rotatable bonds is 4. The SMILES string of the molecule is CC(C)(C)NC(=O)OCCCc1cccc(Br)c1. The Morgan fingerprint density at radius 1 is 1.39 bits per heavy atom. The highest BCUT2D eigenvalue weighted by Crippen LogP contribution is 2.13. The monoisotopic (exact) mass is 313 g/mol. The number of hydrogen-bond acceptors (Lipinski definition) is 2. The van der Waals surface area contributed by atoms with E-state index in [-0.39, 0.29) is 11.6 Å². The van der Waals surface area contributed by atoms with Crippen molar-refractivity contribution in [2.75, 3.05) is 6.61 Å². The van der Waals surface area contributed by atoms with Crippen molar-refractivity contribution in [3.8, 4) is 0 Å². The predicted octanol–water partition coefficient (Wildman–Crippen LogP) is 3.91. The lowest BCUT2D eigenvalue weighted by molar-refractivity contribution is 0.136. The average molecular weight is 314 g/mol. The van der Waals surface area contributed by atoms with Gasteiger partial charge < -0.3 is 10.1 Å². The maximum absolute atomic E-state index is 11.4. The third-order valence-electron chi connectivity index (χ3n) is 2.21. The summed E-state index contributed by atoms with van der Waals surface area (Å²) < 4.78 is 6.18. The van der Waals surface area contributed by atoms with Crippen molar-refractivity contribution in [2.24, 2.45) is 0 Å². The highest BCUT2D eigenvalue weighted by Gasteiger charge is 2.13. The van der Waals surface area contributed by atoms with Crippen LogP contribution in [-0.4, -0.2) is 18.2 Å². The second kappa shape index (κ2) is 6.78. The van der Waals surface area contributed by atoms with Crippen LogP contribution < -0.4 is 5.32 Å². The summed E-state index contributed by atoms with van der Waals surface area (Å²) in [5.41, 5.74) is 0.991. The van der Waals surface area contributed by atoms with Crippen LogP contribution in [0.1, 0.15) is 32.8 Å². The van der Waals surface area contributed by atoms with Gasteiger partial charge in [0.1, 0.15) is 0 Å². The largest absolute Gasteiger partial charge is 0.450 e. The normalized spacial score (nSPS) is 11.1. The van der Waals surface area contributed by atoms with Crippen molar-refractivity contribution >= 4 is 22.0 Å². The second-order valence-electron chi connectivity index (χ2n) is 5.24. The molecule has 0 saturated heterocycles. The van der Waals surface area contributed by atoms with Gasteiger partial charge in [0.25, 0.3) is 0 Å². The zero-order valence-electron chi connectivity index (χ0n) is 11.1. The lowest BCUT2D eigenvalue weighted by Gasteiger charge is -2.19. The molecule has 0 aromatic heterocycles. The van der Waals surface area contributed by atoms with Gasteiger partial charge in [-0.15, -0.1) is 0 Å². The van der Waals surface area contributed by atoms with Crippen LogP contribution in [0.5, 0.6) is 0 Å². The Labute approximate surface area is 117 Å². The summed E-state index contributed by atoms with van der Waals surface area (Å²) in [7, 11) is 0. The molecule has 0 unspecified atom stereocenters. The number of benzene rings is 1. The van der Waals surface area contributed by atoms with E-state index in [9.17, 15) is 4.79 Å². The number of hydrogen-bond donors (Lipinski definition) is 1. The number of carbonyl (C=O) groups excluding carboxylic acids is 1. The van der Waals surface area contributed by atoms with Crippen molar-refractivity contribution in [3.63, 3.8) is 0 Å². The van der Waals surface area contributed by atoms with E-state index in [4.69, 9.17) is 4.74 Å².